The number of hydrogen-bond acceptors (Lipinski definition) is 4. The molecule has 1 aliphatic heterocycles. The lowest BCUT2D eigenvalue weighted by molar-refractivity contribution is -0.145. The topological polar surface area (TPSA) is 46.6 Å². The first kappa shape index (κ1) is 16.2. The minimum Gasteiger partial charge on any atom is -0.466 e. The van der Waals surface area contributed by atoms with Gasteiger partial charge >= 0.3 is 5.97 Å². The Balaban J connectivity index is 1.98. The number of thioether (sulfide) groups is 1. The van der Waals surface area contributed by atoms with E-state index < -0.39 is 0 Å². The quantitative estimate of drug-likeness (QED) is 0.779. The monoisotopic (exact) mass is 327 g/mol. The minimum atomic E-state index is -0.322. The second-order valence-corrected chi connectivity index (χ2v) is 6.29. The number of carbonyl (C=O) groups excluding carboxylic acids is 2. The number of nitrogens with zero attached hydrogens (tertiary/aromatic N) is 1. The molecule has 6 heteroatoms. The van der Waals surface area contributed by atoms with Gasteiger partial charge in [-0.25, -0.2) is 0 Å². The molecule has 0 unspecified atom stereocenters. The SMILES string of the molecule is CCOC(=O)CCC(=O)N1CCS[C@H]1c1cccc(Cl)c1. The van der Waals surface area contributed by atoms with E-state index in [1.165, 1.54) is 0 Å². The van der Waals surface area contributed by atoms with Crippen LogP contribution in [-0.2, 0) is 14.3 Å². The van der Waals surface area contributed by atoms with Crippen molar-refractivity contribution in [3.63, 3.8) is 0 Å². The molecule has 1 aromatic rings. The molecule has 0 saturated carbocycles. The van der Waals surface area contributed by atoms with E-state index in [4.69, 9.17) is 16.3 Å². The predicted octanol–water partition coefficient (Wildman–Crippen LogP) is 3.26. The summed E-state index contributed by atoms with van der Waals surface area (Å²) in [7, 11) is 0. The number of esters is 1. The van der Waals surface area contributed by atoms with E-state index in [1.807, 2.05) is 29.2 Å². The van der Waals surface area contributed by atoms with Crippen molar-refractivity contribution in [2.75, 3.05) is 18.9 Å². The molecule has 0 radical (unpaired) electrons. The van der Waals surface area contributed by atoms with Crippen LogP contribution in [0.3, 0.4) is 0 Å². The van der Waals surface area contributed by atoms with Crippen molar-refractivity contribution in [2.24, 2.45) is 0 Å². The van der Waals surface area contributed by atoms with Crippen molar-refractivity contribution in [3.8, 4) is 0 Å². The van der Waals surface area contributed by atoms with Crippen molar-refractivity contribution < 1.29 is 14.3 Å². The van der Waals surface area contributed by atoms with Crippen molar-refractivity contribution >= 4 is 35.2 Å². The van der Waals surface area contributed by atoms with Crippen LogP contribution < -0.4 is 0 Å². The molecule has 0 bridgehead atoms. The Morgan fingerprint density at radius 3 is 2.95 bits per heavy atom. The third-order valence-electron chi connectivity index (χ3n) is 3.19. The molecule has 2 rings (SSSR count). The molecule has 1 aliphatic rings. The van der Waals surface area contributed by atoms with E-state index in [0.717, 1.165) is 11.3 Å². The summed E-state index contributed by atoms with van der Waals surface area (Å²) >= 11 is 7.73. The number of hydrogen-bond donors (Lipinski definition) is 0. The molecule has 1 atom stereocenters. The van der Waals surface area contributed by atoms with E-state index >= 15 is 0 Å². The van der Waals surface area contributed by atoms with Gasteiger partial charge < -0.3 is 9.64 Å². The molecule has 1 heterocycles. The van der Waals surface area contributed by atoms with Gasteiger partial charge in [0.25, 0.3) is 0 Å². The zero-order valence-electron chi connectivity index (χ0n) is 11.9. The third kappa shape index (κ3) is 4.38. The summed E-state index contributed by atoms with van der Waals surface area (Å²) in [5.41, 5.74) is 1.02. The Bertz CT molecular complexity index is 523. The van der Waals surface area contributed by atoms with Gasteiger partial charge in [0.15, 0.2) is 0 Å². The maximum Gasteiger partial charge on any atom is 0.306 e. The van der Waals surface area contributed by atoms with Crippen molar-refractivity contribution in [3.05, 3.63) is 34.9 Å². The van der Waals surface area contributed by atoms with Crippen LogP contribution in [-0.4, -0.2) is 35.7 Å². The molecule has 0 aromatic heterocycles. The fourth-order valence-corrected chi connectivity index (χ4v) is 3.71. The summed E-state index contributed by atoms with van der Waals surface area (Å²) in [4.78, 5) is 25.5. The summed E-state index contributed by atoms with van der Waals surface area (Å²) < 4.78 is 4.85. The number of rotatable bonds is 5. The van der Waals surface area contributed by atoms with Gasteiger partial charge in [-0.1, -0.05) is 23.7 Å². The average Bonchev–Trinajstić information content (AvgIpc) is 2.94. The lowest BCUT2D eigenvalue weighted by Crippen LogP contribution is -2.30. The Labute approximate surface area is 133 Å². The fraction of sp³-hybridized carbons (Fsp3) is 0.467. The van der Waals surface area contributed by atoms with E-state index in [1.54, 1.807) is 18.7 Å². The smallest absolute Gasteiger partial charge is 0.306 e. The number of halogens is 1. The Hall–Kier alpha value is -1.20. The van der Waals surface area contributed by atoms with E-state index in [0.29, 0.717) is 18.2 Å². The van der Waals surface area contributed by atoms with Crippen LogP contribution in [0.25, 0.3) is 0 Å². The second-order valence-electron chi connectivity index (χ2n) is 4.67. The molecule has 1 saturated heterocycles. The number of benzene rings is 1. The van der Waals surface area contributed by atoms with E-state index in [-0.39, 0.29) is 30.1 Å². The van der Waals surface area contributed by atoms with Gasteiger partial charge in [-0.15, -0.1) is 11.8 Å². The molecule has 1 aromatic carbocycles. The van der Waals surface area contributed by atoms with Gasteiger partial charge in [0, 0.05) is 23.7 Å². The highest BCUT2D eigenvalue weighted by atomic mass is 35.5. The van der Waals surface area contributed by atoms with Gasteiger partial charge in [-0.05, 0) is 24.6 Å². The largest absolute Gasteiger partial charge is 0.466 e. The average molecular weight is 328 g/mol. The lowest BCUT2D eigenvalue weighted by Gasteiger charge is -2.24. The van der Waals surface area contributed by atoms with Gasteiger partial charge in [0.1, 0.15) is 5.37 Å². The van der Waals surface area contributed by atoms with E-state index in [2.05, 4.69) is 0 Å². The first-order chi connectivity index (χ1) is 10.1. The molecule has 0 aliphatic carbocycles. The van der Waals surface area contributed by atoms with Crippen LogP contribution in [0.5, 0.6) is 0 Å². The van der Waals surface area contributed by atoms with Gasteiger partial charge in [-0.2, -0.15) is 0 Å². The highest BCUT2D eigenvalue weighted by Gasteiger charge is 2.30. The Morgan fingerprint density at radius 2 is 2.24 bits per heavy atom. The zero-order chi connectivity index (χ0) is 15.2. The van der Waals surface area contributed by atoms with Gasteiger partial charge in [-0.3, -0.25) is 9.59 Å². The second kappa shape index (κ2) is 7.71. The fourth-order valence-electron chi connectivity index (χ4n) is 2.25. The van der Waals surface area contributed by atoms with Crippen molar-refractivity contribution in [2.45, 2.75) is 25.1 Å². The highest BCUT2D eigenvalue weighted by molar-refractivity contribution is 7.99. The number of amides is 1. The Kier molecular flexibility index (Phi) is 5.94. The molecular weight excluding hydrogens is 310 g/mol. The summed E-state index contributed by atoms with van der Waals surface area (Å²) in [6.45, 7) is 2.80. The highest BCUT2D eigenvalue weighted by Crippen LogP contribution is 2.38. The maximum absolute atomic E-state index is 12.3. The summed E-state index contributed by atoms with van der Waals surface area (Å²) in [6, 6.07) is 7.56. The first-order valence-electron chi connectivity index (χ1n) is 6.94. The standard InChI is InChI=1S/C15H18ClNO3S/c1-2-20-14(19)7-6-13(18)17-8-9-21-15(17)11-4-3-5-12(16)10-11/h3-5,10,15H,2,6-9H2,1H3/t15-/m0/s1. The van der Waals surface area contributed by atoms with Gasteiger partial charge in [0.2, 0.25) is 5.91 Å². The molecule has 4 nitrogen and oxygen atoms in total. The predicted molar refractivity (Wildman–Crippen MR) is 84.2 cm³/mol. The lowest BCUT2D eigenvalue weighted by atomic mass is 10.2. The van der Waals surface area contributed by atoms with E-state index in [9.17, 15) is 9.59 Å². The molecule has 1 fully saturated rings. The van der Waals surface area contributed by atoms with Crippen molar-refractivity contribution in [1.82, 2.24) is 4.90 Å². The molecule has 21 heavy (non-hydrogen) atoms. The zero-order valence-corrected chi connectivity index (χ0v) is 13.5. The molecule has 0 N–H and O–H groups in total. The minimum absolute atomic E-state index is 0.0154. The number of ether oxygens (including phenoxy) is 1. The Morgan fingerprint density at radius 1 is 1.43 bits per heavy atom. The summed E-state index contributed by atoms with van der Waals surface area (Å²) in [5.74, 6) is 0.553. The normalized spacial score (nSPS) is 17.8. The van der Waals surface area contributed by atoms with Crippen molar-refractivity contribution in [1.29, 1.82) is 0 Å². The van der Waals surface area contributed by atoms with Crippen LogP contribution in [0.15, 0.2) is 24.3 Å². The molecular formula is C15H18ClNO3S. The summed E-state index contributed by atoms with van der Waals surface area (Å²) in [5, 5.41) is 0.650. The third-order valence-corrected chi connectivity index (χ3v) is 4.69. The maximum atomic E-state index is 12.3. The van der Waals surface area contributed by atoms with Gasteiger partial charge in [0.05, 0.1) is 13.0 Å². The van der Waals surface area contributed by atoms with Crippen LogP contribution in [0, 0.1) is 0 Å². The van der Waals surface area contributed by atoms with Crippen LogP contribution >= 0.6 is 23.4 Å². The van der Waals surface area contributed by atoms with Crippen LogP contribution in [0.2, 0.25) is 5.02 Å². The van der Waals surface area contributed by atoms with Crippen LogP contribution in [0.4, 0.5) is 0 Å². The molecule has 114 valence electrons. The molecule has 1 amide bonds. The number of carbonyl (C=O) groups is 2. The van der Waals surface area contributed by atoms with Crippen LogP contribution in [0.1, 0.15) is 30.7 Å². The molecule has 0 spiro atoms. The summed E-state index contributed by atoms with van der Waals surface area (Å²) in [6.07, 6.45) is 0.326. The first-order valence-corrected chi connectivity index (χ1v) is 8.36.